The Balaban J connectivity index is 2.17. The number of benzene rings is 1. The third-order valence-electron chi connectivity index (χ3n) is 4.56. The van der Waals surface area contributed by atoms with Crippen molar-refractivity contribution in [3.8, 4) is 0 Å². The second-order valence-electron chi connectivity index (χ2n) is 5.79. The molecule has 0 saturated heterocycles. The Morgan fingerprint density at radius 3 is 2.43 bits per heavy atom. The van der Waals surface area contributed by atoms with E-state index < -0.39 is 15.8 Å². The Hall–Kier alpha value is -1.14. The molecule has 0 radical (unpaired) electrons. The topological polar surface area (TPSA) is 63.4 Å². The summed E-state index contributed by atoms with van der Waals surface area (Å²) in [7, 11) is -2.08. The van der Waals surface area contributed by atoms with Crippen LogP contribution in [0.2, 0.25) is 0 Å². The monoisotopic (exact) mass is 314 g/mol. The Morgan fingerprint density at radius 2 is 1.90 bits per heavy atom. The predicted molar refractivity (Wildman–Crippen MR) is 81.8 cm³/mol. The van der Waals surface area contributed by atoms with Gasteiger partial charge in [0.05, 0.1) is 10.6 Å². The van der Waals surface area contributed by atoms with E-state index in [4.69, 9.17) is 5.73 Å². The lowest BCUT2D eigenvalue weighted by Gasteiger charge is -2.33. The quantitative estimate of drug-likeness (QED) is 0.869. The summed E-state index contributed by atoms with van der Waals surface area (Å²) in [6.07, 6.45) is 4.98. The molecule has 21 heavy (non-hydrogen) atoms. The van der Waals surface area contributed by atoms with Gasteiger partial charge in [0, 0.05) is 13.1 Å². The molecule has 0 atom stereocenters. The minimum Gasteiger partial charge on any atom is -0.396 e. The van der Waals surface area contributed by atoms with Crippen molar-refractivity contribution in [2.24, 2.45) is 5.92 Å². The first-order valence-electron chi connectivity index (χ1n) is 7.39. The number of nitrogens with zero attached hydrogens (tertiary/aromatic N) is 1. The van der Waals surface area contributed by atoms with E-state index in [-0.39, 0.29) is 16.6 Å². The largest absolute Gasteiger partial charge is 0.396 e. The summed E-state index contributed by atoms with van der Waals surface area (Å²) in [5.74, 6) is 0.00508. The van der Waals surface area contributed by atoms with E-state index in [1.807, 2.05) is 0 Å². The summed E-state index contributed by atoms with van der Waals surface area (Å²) in [5, 5.41) is 0. The van der Waals surface area contributed by atoms with Gasteiger partial charge >= 0.3 is 0 Å². The molecule has 1 aromatic rings. The molecule has 118 valence electrons. The smallest absolute Gasteiger partial charge is 0.243 e. The van der Waals surface area contributed by atoms with Crippen LogP contribution in [0.1, 0.15) is 39.0 Å². The molecule has 4 nitrogen and oxygen atoms in total. The number of hydrogen-bond donors (Lipinski definition) is 1. The zero-order valence-corrected chi connectivity index (χ0v) is 13.4. The van der Waals surface area contributed by atoms with Gasteiger partial charge in [-0.2, -0.15) is 4.31 Å². The predicted octanol–water partition coefficient (Wildman–Crippen LogP) is 3.00. The molecular formula is C15H23FN2O2S. The van der Waals surface area contributed by atoms with Gasteiger partial charge in [-0.1, -0.05) is 13.3 Å². The highest BCUT2D eigenvalue weighted by Crippen LogP contribution is 2.31. The van der Waals surface area contributed by atoms with Crippen molar-refractivity contribution in [2.75, 3.05) is 12.8 Å². The van der Waals surface area contributed by atoms with Crippen LogP contribution in [0.3, 0.4) is 0 Å². The van der Waals surface area contributed by atoms with Crippen molar-refractivity contribution in [2.45, 2.75) is 50.0 Å². The molecule has 1 aliphatic rings. The van der Waals surface area contributed by atoms with Gasteiger partial charge in [0.2, 0.25) is 10.0 Å². The van der Waals surface area contributed by atoms with Crippen molar-refractivity contribution < 1.29 is 12.8 Å². The summed E-state index contributed by atoms with van der Waals surface area (Å²) in [4.78, 5) is -0.0330. The minimum absolute atomic E-state index is 0.00147. The first-order valence-corrected chi connectivity index (χ1v) is 8.83. The molecule has 2 N–H and O–H groups in total. The second kappa shape index (κ2) is 6.32. The minimum atomic E-state index is -3.66. The molecule has 0 unspecified atom stereocenters. The maximum atomic E-state index is 13.5. The lowest BCUT2D eigenvalue weighted by atomic mass is 9.85. The van der Waals surface area contributed by atoms with Gasteiger partial charge in [-0.25, -0.2) is 12.8 Å². The van der Waals surface area contributed by atoms with Crippen molar-refractivity contribution in [3.63, 3.8) is 0 Å². The SMILES string of the molecule is CCC1CCC(N(C)S(=O)(=O)c2ccc(N)c(F)c2)CC1. The van der Waals surface area contributed by atoms with Crippen molar-refractivity contribution in [1.82, 2.24) is 4.31 Å². The summed E-state index contributed by atoms with van der Waals surface area (Å²) in [6, 6.07) is 3.66. The highest BCUT2D eigenvalue weighted by molar-refractivity contribution is 7.89. The zero-order valence-electron chi connectivity index (χ0n) is 12.5. The molecule has 0 heterocycles. The fraction of sp³-hybridized carbons (Fsp3) is 0.600. The van der Waals surface area contributed by atoms with Crippen LogP contribution in [-0.4, -0.2) is 25.8 Å². The molecule has 6 heteroatoms. The highest BCUT2D eigenvalue weighted by Gasteiger charge is 2.31. The summed E-state index contributed by atoms with van der Waals surface area (Å²) < 4.78 is 40.0. The molecule has 0 aliphatic heterocycles. The average Bonchev–Trinajstić information content (AvgIpc) is 2.49. The van der Waals surface area contributed by atoms with Crippen molar-refractivity contribution in [1.29, 1.82) is 0 Å². The number of sulfonamides is 1. The van der Waals surface area contributed by atoms with Crippen molar-refractivity contribution >= 4 is 15.7 Å². The maximum absolute atomic E-state index is 13.5. The van der Waals surface area contributed by atoms with E-state index in [1.54, 1.807) is 7.05 Å². The van der Waals surface area contributed by atoms with Crippen LogP contribution in [0, 0.1) is 11.7 Å². The number of rotatable bonds is 4. The maximum Gasteiger partial charge on any atom is 0.243 e. The standard InChI is InChI=1S/C15H23FN2O2S/c1-3-11-4-6-12(7-5-11)18(2)21(19,20)13-8-9-15(17)14(16)10-13/h8-12H,3-7,17H2,1-2H3. The van der Waals surface area contributed by atoms with Crippen molar-refractivity contribution in [3.05, 3.63) is 24.0 Å². The van der Waals surface area contributed by atoms with Gasteiger partial charge in [0.15, 0.2) is 0 Å². The van der Waals surface area contributed by atoms with Gasteiger partial charge in [-0.15, -0.1) is 0 Å². The van der Waals surface area contributed by atoms with E-state index in [9.17, 15) is 12.8 Å². The molecule has 0 bridgehead atoms. The van der Waals surface area contributed by atoms with E-state index in [0.29, 0.717) is 5.92 Å². The van der Waals surface area contributed by atoms with E-state index in [2.05, 4.69) is 6.92 Å². The molecule has 1 aliphatic carbocycles. The molecule has 0 aromatic heterocycles. The van der Waals surface area contributed by atoms with Crippen LogP contribution >= 0.6 is 0 Å². The van der Waals surface area contributed by atoms with Crippen LogP contribution in [0.5, 0.6) is 0 Å². The van der Waals surface area contributed by atoms with Gasteiger partial charge in [-0.3, -0.25) is 0 Å². The molecule has 2 rings (SSSR count). The Bertz CT molecular complexity index is 596. The van der Waals surface area contributed by atoms with E-state index in [1.165, 1.54) is 16.4 Å². The van der Waals surface area contributed by atoms with E-state index >= 15 is 0 Å². The zero-order chi connectivity index (χ0) is 15.6. The fourth-order valence-corrected chi connectivity index (χ4v) is 4.38. The van der Waals surface area contributed by atoms with Crippen LogP contribution in [-0.2, 0) is 10.0 Å². The third-order valence-corrected chi connectivity index (χ3v) is 6.46. The Morgan fingerprint density at radius 1 is 1.29 bits per heavy atom. The van der Waals surface area contributed by atoms with E-state index in [0.717, 1.165) is 38.2 Å². The summed E-state index contributed by atoms with van der Waals surface area (Å²) >= 11 is 0. The Kier molecular flexibility index (Phi) is 4.88. The summed E-state index contributed by atoms with van der Waals surface area (Å²) in [6.45, 7) is 2.17. The molecule has 0 amide bonds. The van der Waals surface area contributed by atoms with Crippen LogP contribution in [0.4, 0.5) is 10.1 Å². The van der Waals surface area contributed by atoms with Gasteiger partial charge in [-0.05, 0) is 49.8 Å². The lowest BCUT2D eigenvalue weighted by molar-refractivity contribution is 0.233. The fourth-order valence-electron chi connectivity index (χ4n) is 2.95. The summed E-state index contributed by atoms with van der Waals surface area (Å²) in [5.41, 5.74) is 5.36. The number of nitrogen functional groups attached to an aromatic ring is 1. The molecule has 1 aromatic carbocycles. The lowest BCUT2D eigenvalue weighted by Crippen LogP contribution is -2.39. The first-order chi connectivity index (χ1) is 9.86. The number of anilines is 1. The van der Waals surface area contributed by atoms with Gasteiger partial charge < -0.3 is 5.73 Å². The molecule has 1 fully saturated rings. The molecule has 1 saturated carbocycles. The van der Waals surface area contributed by atoms with Crippen LogP contribution in [0.25, 0.3) is 0 Å². The molecule has 0 spiro atoms. The number of nitrogens with two attached hydrogens (primary N) is 1. The Labute approximate surface area is 126 Å². The number of hydrogen-bond acceptors (Lipinski definition) is 3. The van der Waals surface area contributed by atoms with Gasteiger partial charge in [0.1, 0.15) is 5.82 Å². The highest BCUT2D eigenvalue weighted by atomic mass is 32.2. The first kappa shape index (κ1) is 16.2. The van der Waals surface area contributed by atoms with Crippen LogP contribution < -0.4 is 5.73 Å². The third kappa shape index (κ3) is 3.37. The second-order valence-corrected chi connectivity index (χ2v) is 7.78. The van der Waals surface area contributed by atoms with Gasteiger partial charge in [0.25, 0.3) is 0 Å². The average molecular weight is 314 g/mol. The normalized spacial score (nSPS) is 23.4. The van der Waals surface area contributed by atoms with Crippen LogP contribution in [0.15, 0.2) is 23.1 Å². The molecular weight excluding hydrogens is 291 g/mol. The number of halogens is 1.